The number of fused-ring (bicyclic) bond motifs is 16. The Kier molecular flexibility index (Phi) is 6.23. The summed E-state index contributed by atoms with van der Waals surface area (Å²) in [5, 5.41) is 0. The van der Waals surface area contributed by atoms with Gasteiger partial charge >= 0.3 is 0 Å². The molecule has 0 aliphatic heterocycles. The Labute approximate surface area is 323 Å². The molecule has 1 spiro atoms. The summed E-state index contributed by atoms with van der Waals surface area (Å²) >= 11 is 0. The smallest absolute Gasteiger partial charge is 0.0726 e. The SMILES string of the molecule is CC1(C)c2ccccc2-c2ccc(N(c3cccc4c3CCc3ccccc3-4)c3cccc4c3-c3ccccc3C43c4ccccc4-c4ccccc43)cc21. The minimum Gasteiger partial charge on any atom is -0.310 e. The predicted molar refractivity (Wildman–Crippen MR) is 228 cm³/mol. The molecule has 0 amide bonds. The van der Waals surface area contributed by atoms with Gasteiger partial charge in [0.2, 0.25) is 0 Å². The van der Waals surface area contributed by atoms with Crippen molar-refractivity contribution in [2.45, 2.75) is 37.5 Å². The van der Waals surface area contributed by atoms with Crippen LogP contribution in [0.3, 0.4) is 0 Å². The summed E-state index contributed by atoms with van der Waals surface area (Å²) in [6.07, 6.45) is 2.03. The maximum atomic E-state index is 2.62. The van der Waals surface area contributed by atoms with E-state index in [4.69, 9.17) is 0 Å². The van der Waals surface area contributed by atoms with Crippen molar-refractivity contribution in [1.29, 1.82) is 0 Å². The Balaban J connectivity index is 1.17. The number of hydrogen-bond acceptors (Lipinski definition) is 1. The van der Waals surface area contributed by atoms with Crippen molar-refractivity contribution in [2.24, 2.45) is 0 Å². The van der Waals surface area contributed by atoms with Crippen LogP contribution in [0, 0.1) is 0 Å². The molecule has 0 aromatic heterocycles. The monoisotopic (exact) mass is 701 g/mol. The molecule has 1 heteroatoms. The van der Waals surface area contributed by atoms with Gasteiger partial charge in [-0.2, -0.15) is 0 Å². The van der Waals surface area contributed by atoms with Crippen molar-refractivity contribution in [1.82, 2.24) is 0 Å². The average molecular weight is 702 g/mol. The summed E-state index contributed by atoms with van der Waals surface area (Å²) in [5.41, 5.74) is 25.0. The van der Waals surface area contributed by atoms with Gasteiger partial charge in [0.25, 0.3) is 0 Å². The van der Waals surface area contributed by atoms with Crippen molar-refractivity contribution >= 4 is 17.1 Å². The van der Waals surface area contributed by atoms with Gasteiger partial charge in [0.05, 0.1) is 11.1 Å². The summed E-state index contributed by atoms with van der Waals surface area (Å²) in [6.45, 7) is 4.78. The van der Waals surface area contributed by atoms with Gasteiger partial charge in [0, 0.05) is 22.4 Å². The third-order valence-electron chi connectivity index (χ3n) is 13.4. The number of hydrogen-bond donors (Lipinski definition) is 0. The molecule has 0 radical (unpaired) electrons. The van der Waals surface area contributed by atoms with E-state index in [9.17, 15) is 0 Å². The van der Waals surface area contributed by atoms with Crippen LogP contribution in [0.15, 0.2) is 176 Å². The van der Waals surface area contributed by atoms with Crippen LogP contribution in [0.25, 0.3) is 44.5 Å². The van der Waals surface area contributed by atoms with Crippen LogP contribution in [-0.4, -0.2) is 0 Å². The van der Waals surface area contributed by atoms with E-state index in [2.05, 4.69) is 195 Å². The average Bonchev–Trinajstić information content (AvgIpc) is 3.80. The zero-order chi connectivity index (χ0) is 36.5. The van der Waals surface area contributed by atoms with Gasteiger partial charge in [-0.25, -0.2) is 0 Å². The Morgan fingerprint density at radius 1 is 0.382 bits per heavy atom. The number of benzene rings is 8. The zero-order valence-corrected chi connectivity index (χ0v) is 31.1. The number of rotatable bonds is 3. The second-order valence-corrected chi connectivity index (χ2v) is 16.3. The van der Waals surface area contributed by atoms with Gasteiger partial charge in [-0.05, 0) is 121 Å². The molecule has 0 heterocycles. The van der Waals surface area contributed by atoms with E-state index < -0.39 is 5.41 Å². The Morgan fingerprint density at radius 2 is 0.891 bits per heavy atom. The number of aryl methyl sites for hydroxylation is 1. The van der Waals surface area contributed by atoms with Crippen LogP contribution in [-0.2, 0) is 23.7 Å². The van der Waals surface area contributed by atoms with E-state index >= 15 is 0 Å². The Bertz CT molecular complexity index is 2880. The van der Waals surface area contributed by atoms with Crippen molar-refractivity contribution in [3.63, 3.8) is 0 Å². The fraction of sp³-hybridized carbons (Fsp3) is 0.111. The molecule has 55 heavy (non-hydrogen) atoms. The first-order valence-electron chi connectivity index (χ1n) is 19.7. The second-order valence-electron chi connectivity index (χ2n) is 16.3. The molecule has 0 atom stereocenters. The number of anilines is 3. The van der Waals surface area contributed by atoms with E-state index in [1.54, 1.807) is 0 Å². The maximum Gasteiger partial charge on any atom is 0.0726 e. The zero-order valence-electron chi connectivity index (χ0n) is 31.1. The van der Waals surface area contributed by atoms with Gasteiger partial charge in [-0.1, -0.05) is 166 Å². The minimum atomic E-state index is -0.405. The third-order valence-corrected chi connectivity index (χ3v) is 13.4. The highest BCUT2D eigenvalue weighted by Gasteiger charge is 2.52. The van der Waals surface area contributed by atoms with Crippen LogP contribution in [0.2, 0.25) is 0 Å². The summed E-state index contributed by atoms with van der Waals surface area (Å²) < 4.78 is 0. The van der Waals surface area contributed by atoms with Gasteiger partial charge < -0.3 is 4.90 Å². The topological polar surface area (TPSA) is 3.24 Å². The van der Waals surface area contributed by atoms with Crippen molar-refractivity contribution in [3.05, 3.63) is 220 Å². The lowest BCUT2D eigenvalue weighted by Gasteiger charge is -2.34. The molecule has 0 unspecified atom stereocenters. The highest BCUT2D eigenvalue weighted by Crippen LogP contribution is 2.65. The lowest BCUT2D eigenvalue weighted by atomic mass is 9.70. The van der Waals surface area contributed by atoms with Gasteiger partial charge in [-0.15, -0.1) is 0 Å². The Hall–Kier alpha value is -6.44. The highest BCUT2D eigenvalue weighted by atomic mass is 15.1. The van der Waals surface area contributed by atoms with Crippen molar-refractivity contribution in [2.75, 3.05) is 4.90 Å². The normalized spacial score (nSPS) is 15.2. The molecular weight excluding hydrogens is 663 g/mol. The van der Waals surface area contributed by atoms with E-state index in [1.165, 1.54) is 106 Å². The molecule has 4 aliphatic carbocycles. The van der Waals surface area contributed by atoms with E-state index in [0.29, 0.717) is 0 Å². The van der Waals surface area contributed by atoms with Crippen LogP contribution >= 0.6 is 0 Å². The summed E-state index contributed by atoms with van der Waals surface area (Å²) in [5.74, 6) is 0. The molecule has 260 valence electrons. The summed E-state index contributed by atoms with van der Waals surface area (Å²) in [7, 11) is 0. The van der Waals surface area contributed by atoms with E-state index in [1.807, 2.05) is 0 Å². The largest absolute Gasteiger partial charge is 0.310 e. The quantitative estimate of drug-likeness (QED) is 0.177. The van der Waals surface area contributed by atoms with Gasteiger partial charge in [0.1, 0.15) is 0 Å². The molecule has 4 aliphatic rings. The number of nitrogens with zero attached hydrogens (tertiary/aromatic N) is 1. The molecule has 0 fully saturated rings. The molecule has 0 N–H and O–H groups in total. The van der Waals surface area contributed by atoms with Crippen LogP contribution in [0.5, 0.6) is 0 Å². The van der Waals surface area contributed by atoms with Gasteiger partial charge in [0.15, 0.2) is 0 Å². The molecule has 8 aromatic rings. The first-order chi connectivity index (χ1) is 27.1. The van der Waals surface area contributed by atoms with Crippen molar-refractivity contribution in [3.8, 4) is 44.5 Å². The highest BCUT2D eigenvalue weighted by molar-refractivity contribution is 6.02. The lowest BCUT2D eigenvalue weighted by Crippen LogP contribution is -2.26. The fourth-order valence-corrected chi connectivity index (χ4v) is 11.1. The summed E-state index contributed by atoms with van der Waals surface area (Å²) in [6, 6.07) is 66.8. The predicted octanol–water partition coefficient (Wildman–Crippen LogP) is 13.6. The van der Waals surface area contributed by atoms with Crippen LogP contribution in [0.4, 0.5) is 17.1 Å². The molecule has 0 saturated heterocycles. The molecule has 0 bridgehead atoms. The Morgan fingerprint density at radius 3 is 1.62 bits per heavy atom. The van der Waals surface area contributed by atoms with E-state index in [-0.39, 0.29) is 5.41 Å². The van der Waals surface area contributed by atoms with E-state index in [0.717, 1.165) is 12.8 Å². The molecule has 1 nitrogen and oxygen atoms in total. The van der Waals surface area contributed by atoms with Crippen molar-refractivity contribution < 1.29 is 0 Å². The summed E-state index contributed by atoms with van der Waals surface area (Å²) in [4.78, 5) is 2.62. The minimum absolute atomic E-state index is 0.116. The standard InChI is InChI=1S/C54H39N/c1-53(2)44-22-9-5-17-38(44)41-32-30-35(33-49(41)53)55(50-27-13-21-37-36-16-4-3-15-34(36)29-31-42(37)50)51-28-14-26-48-52(51)43-20-8-12-25-47(43)54(48)45-23-10-6-18-39(45)40-19-7-11-24-46(40)54/h3-28,30,32-33H,29,31H2,1-2H3. The third kappa shape index (κ3) is 3.93. The first kappa shape index (κ1) is 31.0. The lowest BCUT2D eigenvalue weighted by molar-refractivity contribution is 0.660. The van der Waals surface area contributed by atoms with Crippen LogP contribution in [0.1, 0.15) is 58.4 Å². The fourth-order valence-electron chi connectivity index (χ4n) is 11.1. The molecule has 0 saturated carbocycles. The van der Waals surface area contributed by atoms with Crippen LogP contribution < -0.4 is 4.90 Å². The first-order valence-corrected chi connectivity index (χ1v) is 19.7. The molecular formula is C54H39N. The molecule has 8 aromatic carbocycles. The molecule has 12 rings (SSSR count). The maximum absolute atomic E-state index is 2.62. The second kappa shape index (κ2) is 11.1. The van der Waals surface area contributed by atoms with Gasteiger partial charge in [-0.3, -0.25) is 0 Å².